The number of nitrogens with one attached hydrogen (secondary N) is 1. The highest BCUT2D eigenvalue weighted by molar-refractivity contribution is 5.92. The van der Waals surface area contributed by atoms with Gasteiger partial charge < -0.3 is 10.3 Å². The van der Waals surface area contributed by atoms with E-state index in [1.54, 1.807) is 17.3 Å². The van der Waals surface area contributed by atoms with Gasteiger partial charge in [0.15, 0.2) is 5.82 Å². The van der Waals surface area contributed by atoms with Crippen LogP contribution in [0.3, 0.4) is 0 Å². The van der Waals surface area contributed by atoms with Crippen molar-refractivity contribution in [1.82, 2.24) is 19.9 Å². The number of hydrogen-bond acceptors (Lipinski definition) is 6. The van der Waals surface area contributed by atoms with Crippen LogP contribution in [0, 0.1) is 0 Å². The number of nitrogen functional groups attached to an aromatic ring is 1. The van der Waals surface area contributed by atoms with Crippen LogP contribution in [0.1, 0.15) is 23.0 Å². The number of hydrazine groups is 1. The normalized spacial score (nSPS) is 10.1. The second kappa shape index (κ2) is 6.58. The third-order valence-electron chi connectivity index (χ3n) is 2.79. The Hall–Kier alpha value is -2.54. The van der Waals surface area contributed by atoms with E-state index in [9.17, 15) is 4.79 Å². The van der Waals surface area contributed by atoms with E-state index in [1.165, 1.54) is 12.4 Å². The Bertz CT molecular complexity index is 574. The van der Waals surface area contributed by atoms with Gasteiger partial charge in [-0.05, 0) is 24.6 Å². The van der Waals surface area contributed by atoms with Gasteiger partial charge in [0.2, 0.25) is 0 Å². The Kier molecular flexibility index (Phi) is 4.56. The molecule has 2 aromatic heterocycles. The quantitative estimate of drug-likeness (QED) is 0.618. The summed E-state index contributed by atoms with van der Waals surface area (Å²) in [5.74, 6) is 5.44. The number of nitrogens with zero attached hydrogens (tertiary/aromatic N) is 4. The van der Waals surface area contributed by atoms with Crippen molar-refractivity contribution in [2.24, 2.45) is 5.84 Å². The molecule has 0 bridgehead atoms. The van der Waals surface area contributed by atoms with E-state index in [0.29, 0.717) is 18.9 Å². The zero-order valence-electron chi connectivity index (χ0n) is 11.2. The molecule has 0 aliphatic heterocycles. The highest BCUT2D eigenvalue weighted by atomic mass is 16.2. The molecule has 0 saturated carbocycles. The van der Waals surface area contributed by atoms with Crippen molar-refractivity contribution in [3.8, 4) is 0 Å². The van der Waals surface area contributed by atoms with Gasteiger partial charge in [-0.2, -0.15) is 0 Å². The molecule has 104 valence electrons. The maximum Gasteiger partial charge on any atom is 0.274 e. The second-order valence-electron chi connectivity index (χ2n) is 4.11. The first kappa shape index (κ1) is 13.9. The minimum Gasteiger partial charge on any atom is -0.333 e. The maximum atomic E-state index is 12.4. The Morgan fingerprint density at radius 1 is 1.30 bits per heavy atom. The Morgan fingerprint density at radius 2 is 2.05 bits per heavy atom. The molecule has 0 aliphatic carbocycles. The van der Waals surface area contributed by atoms with Crippen molar-refractivity contribution in [2.75, 3.05) is 12.0 Å². The summed E-state index contributed by atoms with van der Waals surface area (Å²) in [4.78, 5) is 26.1. The van der Waals surface area contributed by atoms with Gasteiger partial charge >= 0.3 is 0 Å². The lowest BCUT2D eigenvalue weighted by Gasteiger charge is -2.20. The fourth-order valence-corrected chi connectivity index (χ4v) is 1.74. The van der Waals surface area contributed by atoms with Crippen molar-refractivity contribution in [1.29, 1.82) is 0 Å². The minimum atomic E-state index is -0.186. The first-order chi connectivity index (χ1) is 9.74. The van der Waals surface area contributed by atoms with Gasteiger partial charge in [0.1, 0.15) is 5.69 Å². The summed E-state index contributed by atoms with van der Waals surface area (Å²) in [5.41, 5.74) is 3.65. The lowest BCUT2D eigenvalue weighted by Crippen LogP contribution is -2.31. The molecule has 0 unspecified atom stereocenters. The van der Waals surface area contributed by atoms with Crippen LogP contribution in [-0.2, 0) is 6.54 Å². The molecule has 0 saturated heterocycles. The number of nitrogens with two attached hydrogens (primary N) is 1. The molecular weight excluding hydrogens is 256 g/mol. The van der Waals surface area contributed by atoms with Crippen LogP contribution in [0.15, 0.2) is 36.9 Å². The van der Waals surface area contributed by atoms with Crippen LogP contribution in [0.2, 0.25) is 0 Å². The highest BCUT2D eigenvalue weighted by Crippen LogP contribution is 2.08. The number of rotatable bonds is 5. The topological polar surface area (TPSA) is 97.0 Å². The van der Waals surface area contributed by atoms with Crippen LogP contribution in [-0.4, -0.2) is 32.3 Å². The molecule has 7 nitrogen and oxygen atoms in total. The average molecular weight is 272 g/mol. The van der Waals surface area contributed by atoms with E-state index < -0.39 is 0 Å². The first-order valence-electron chi connectivity index (χ1n) is 6.21. The van der Waals surface area contributed by atoms with E-state index in [-0.39, 0.29) is 11.6 Å². The maximum absolute atomic E-state index is 12.4. The predicted octanol–water partition coefficient (Wildman–Crippen LogP) is 0.819. The van der Waals surface area contributed by atoms with Crippen LogP contribution in [0.4, 0.5) is 5.82 Å². The van der Waals surface area contributed by atoms with Crippen molar-refractivity contribution in [2.45, 2.75) is 13.5 Å². The van der Waals surface area contributed by atoms with Gasteiger partial charge in [-0.25, -0.2) is 10.8 Å². The molecule has 2 heterocycles. The molecule has 20 heavy (non-hydrogen) atoms. The SMILES string of the molecule is CCN(Cc1ccncc1)C(=O)c1cncc(NN)n1. The summed E-state index contributed by atoms with van der Waals surface area (Å²) >= 11 is 0. The summed E-state index contributed by atoms with van der Waals surface area (Å²) in [7, 11) is 0. The molecule has 0 aromatic carbocycles. The molecule has 1 amide bonds. The van der Waals surface area contributed by atoms with E-state index in [4.69, 9.17) is 5.84 Å². The zero-order valence-corrected chi connectivity index (χ0v) is 11.2. The van der Waals surface area contributed by atoms with Crippen molar-refractivity contribution in [3.05, 3.63) is 48.2 Å². The molecule has 0 aliphatic rings. The van der Waals surface area contributed by atoms with Gasteiger partial charge in [-0.3, -0.25) is 14.8 Å². The number of amides is 1. The van der Waals surface area contributed by atoms with Crippen LogP contribution in [0.5, 0.6) is 0 Å². The zero-order chi connectivity index (χ0) is 14.4. The fourth-order valence-electron chi connectivity index (χ4n) is 1.74. The van der Waals surface area contributed by atoms with Crippen molar-refractivity contribution >= 4 is 11.7 Å². The van der Waals surface area contributed by atoms with E-state index in [2.05, 4.69) is 20.4 Å². The minimum absolute atomic E-state index is 0.186. The second-order valence-corrected chi connectivity index (χ2v) is 4.11. The monoisotopic (exact) mass is 272 g/mol. The van der Waals surface area contributed by atoms with E-state index >= 15 is 0 Å². The molecule has 0 atom stereocenters. The number of pyridine rings is 1. The number of carbonyl (C=O) groups excluding carboxylic acids is 1. The van der Waals surface area contributed by atoms with Crippen LogP contribution < -0.4 is 11.3 Å². The summed E-state index contributed by atoms with van der Waals surface area (Å²) in [6, 6.07) is 3.75. The predicted molar refractivity (Wildman–Crippen MR) is 74.5 cm³/mol. The highest BCUT2D eigenvalue weighted by Gasteiger charge is 2.16. The van der Waals surface area contributed by atoms with Crippen molar-refractivity contribution in [3.63, 3.8) is 0 Å². The molecule has 0 radical (unpaired) electrons. The first-order valence-corrected chi connectivity index (χ1v) is 6.21. The van der Waals surface area contributed by atoms with Crippen LogP contribution in [0.25, 0.3) is 0 Å². The molecule has 3 N–H and O–H groups in total. The summed E-state index contributed by atoms with van der Waals surface area (Å²) in [6.45, 7) is 2.99. The molecule has 7 heteroatoms. The van der Waals surface area contributed by atoms with E-state index in [1.807, 2.05) is 19.1 Å². The lowest BCUT2D eigenvalue weighted by molar-refractivity contribution is 0.0746. The van der Waals surface area contributed by atoms with E-state index in [0.717, 1.165) is 5.56 Å². The third kappa shape index (κ3) is 3.27. The molecule has 2 rings (SSSR count). The van der Waals surface area contributed by atoms with Gasteiger partial charge in [0, 0.05) is 25.5 Å². The summed E-state index contributed by atoms with van der Waals surface area (Å²) in [6.07, 6.45) is 6.28. The lowest BCUT2D eigenvalue weighted by atomic mass is 10.2. The fraction of sp³-hybridized carbons (Fsp3) is 0.231. The number of hydrogen-bond donors (Lipinski definition) is 2. The van der Waals surface area contributed by atoms with Gasteiger partial charge in [0.25, 0.3) is 5.91 Å². The molecular formula is C13H16N6O. The standard InChI is InChI=1S/C13H16N6O/c1-2-19(9-10-3-5-15-6-4-10)13(20)11-7-16-8-12(17-11)18-14/h3-8H,2,9,14H2,1H3,(H,17,18). The average Bonchev–Trinajstić information content (AvgIpc) is 2.53. The molecule has 0 spiro atoms. The van der Waals surface area contributed by atoms with Gasteiger partial charge in [0.05, 0.1) is 12.4 Å². The van der Waals surface area contributed by atoms with Gasteiger partial charge in [-0.15, -0.1) is 0 Å². The van der Waals surface area contributed by atoms with Crippen LogP contribution >= 0.6 is 0 Å². The largest absolute Gasteiger partial charge is 0.333 e. The Balaban J connectivity index is 2.16. The number of anilines is 1. The number of carbonyl (C=O) groups is 1. The Morgan fingerprint density at radius 3 is 2.70 bits per heavy atom. The molecule has 0 fully saturated rings. The summed E-state index contributed by atoms with van der Waals surface area (Å²) < 4.78 is 0. The van der Waals surface area contributed by atoms with Gasteiger partial charge in [-0.1, -0.05) is 0 Å². The van der Waals surface area contributed by atoms with Crippen molar-refractivity contribution < 1.29 is 4.79 Å². The third-order valence-corrected chi connectivity index (χ3v) is 2.79. The Labute approximate surface area is 116 Å². The molecule has 2 aromatic rings. The summed E-state index contributed by atoms with van der Waals surface area (Å²) in [5, 5.41) is 0. The smallest absolute Gasteiger partial charge is 0.274 e. The number of aromatic nitrogens is 3.